The number of ether oxygens (including phenoxy) is 3. The van der Waals surface area contributed by atoms with Crippen molar-refractivity contribution in [2.24, 2.45) is 0 Å². The Kier molecular flexibility index (Phi) is 6.25. The number of nitrogens with zero attached hydrogens (tertiary/aromatic N) is 1. The lowest BCUT2D eigenvalue weighted by Gasteiger charge is -2.11. The summed E-state index contributed by atoms with van der Waals surface area (Å²) >= 11 is 1.12. The zero-order chi connectivity index (χ0) is 22.1. The summed E-state index contributed by atoms with van der Waals surface area (Å²) in [5, 5.41) is 3.47. The van der Waals surface area contributed by atoms with E-state index in [2.05, 4.69) is 10.3 Å². The first-order chi connectivity index (χ1) is 14.2. The summed E-state index contributed by atoms with van der Waals surface area (Å²) in [4.78, 5) is 16.4. The highest BCUT2D eigenvalue weighted by Gasteiger charge is 2.21. The Morgan fingerprint density at radius 2 is 1.80 bits per heavy atom. The van der Waals surface area contributed by atoms with Crippen LogP contribution in [0.1, 0.15) is 15.4 Å². The van der Waals surface area contributed by atoms with E-state index < -0.39 is 10.0 Å². The number of aromatic nitrogens is 1. The van der Waals surface area contributed by atoms with Crippen LogP contribution in [0.4, 0.5) is 0 Å². The van der Waals surface area contributed by atoms with Crippen LogP contribution in [0.15, 0.2) is 28.5 Å². The Labute approximate surface area is 178 Å². The van der Waals surface area contributed by atoms with Gasteiger partial charge in [-0.25, -0.2) is 12.7 Å². The molecule has 2 aromatic heterocycles. The first kappa shape index (κ1) is 21.9. The van der Waals surface area contributed by atoms with Gasteiger partial charge in [0.05, 0.1) is 33.4 Å². The van der Waals surface area contributed by atoms with E-state index in [9.17, 15) is 13.2 Å². The number of rotatable bonds is 8. The standard InChI is InChI=1S/C19H23N3O6S2/c1-22(2)30(24,25)16-7-6-11(29-16)10-20-19(23)13-8-12-14(26-3)9-15(27-4)18(28-5)17(12)21-13/h6-9,21H,10H2,1-5H3,(H,20,23). The number of hydrogen-bond donors (Lipinski definition) is 2. The molecule has 2 heterocycles. The van der Waals surface area contributed by atoms with Crippen molar-refractivity contribution >= 4 is 38.2 Å². The zero-order valence-corrected chi connectivity index (χ0v) is 18.9. The van der Waals surface area contributed by atoms with E-state index >= 15 is 0 Å². The van der Waals surface area contributed by atoms with Crippen molar-refractivity contribution < 1.29 is 27.4 Å². The number of aromatic amines is 1. The van der Waals surface area contributed by atoms with E-state index in [1.54, 1.807) is 18.2 Å². The van der Waals surface area contributed by atoms with Gasteiger partial charge in [-0.05, 0) is 18.2 Å². The van der Waals surface area contributed by atoms with Gasteiger partial charge in [-0.2, -0.15) is 0 Å². The number of sulfonamides is 1. The molecule has 0 radical (unpaired) electrons. The van der Waals surface area contributed by atoms with Crippen LogP contribution in [0.25, 0.3) is 10.9 Å². The van der Waals surface area contributed by atoms with Gasteiger partial charge in [0.25, 0.3) is 15.9 Å². The lowest BCUT2D eigenvalue weighted by molar-refractivity contribution is 0.0947. The molecule has 0 aliphatic rings. The van der Waals surface area contributed by atoms with Gasteiger partial charge in [0.2, 0.25) is 0 Å². The largest absolute Gasteiger partial charge is 0.496 e. The van der Waals surface area contributed by atoms with Gasteiger partial charge in [0.1, 0.15) is 15.7 Å². The molecule has 3 rings (SSSR count). The summed E-state index contributed by atoms with van der Waals surface area (Å²) in [5.41, 5.74) is 0.891. The molecule has 0 saturated heterocycles. The highest BCUT2D eigenvalue weighted by Crippen LogP contribution is 2.41. The van der Waals surface area contributed by atoms with Gasteiger partial charge in [-0.1, -0.05) is 0 Å². The molecule has 0 unspecified atom stereocenters. The number of benzene rings is 1. The van der Waals surface area contributed by atoms with Crippen molar-refractivity contribution in [3.05, 3.63) is 34.8 Å². The van der Waals surface area contributed by atoms with Crippen LogP contribution < -0.4 is 19.5 Å². The fraction of sp³-hybridized carbons (Fsp3) is 0.316. The summed E-state index contributed by atoms with van der Waals surface area (Å²) in [6.07, 6.45) is 0. The van der Waals surface area contributed by atoms with Crippen LogP contribution in [0.3, 0.4) is 0 Å². The molecule has 0 aliphatic heterocycles. The van der Waals surface area contributed by atoms with Gasteiger partial charge in [0.15, 0.2) is 11.5 Å². The molecule has 0 atom stereocenters. The van der Waals surface area contributed by atoms with E-state index in [0.29, 0.717) is 33.8 Å². The number of methoxy groups -OCH3 is 3. The van der Waals surface area contributed by atoms with Crippen molar-refractivity contribution in [2.75, 3.05) is 35.4 Å². The summed E-state index contributed by atoms with van der Waals surface area (Å²) in [7, 11) is 4.02. The molecule has 0 bridgehead atoms. The van der Waals surface area contributed by atoms with Gasteiger partial charge >= 0.3 is 0 Å². The van der Waals surface area contributed by atoms with E-state index in [-0.39, 0.29) is 16.7 Å². The number of hydrogen-bond acceptors (Lipinski definition) is 7. The SMILES string of the molecule is COc1cc(OC)c2cc(C(=O)NCc3ccc(S(=O)(=O)N(C)C)s3)[nH]c2c1OC. The molecule has 30 heavy (non-hydrogen) atoms. The molecule has 3 aromatic rings. The fourth-order valence-electron chi connectivity index (χ4n) is 2.89. The molecular weight excluding hydrogens is 430 g/mol. The maximum absolute atomic E-state index is 12.7. The van der Waals surface area contributed by atoms with Gasteiger partial charge < -0.3 is 24.5 Å². The average Bonchev–Trinajstić information content (AvgIpc) is 3.38. The third kappa shape index (κ3) is 3.95. The maximum atomic E-state index is 12.7. The van der Waals surface area contributed by atoms with Crippen molar-refractivity contribution in [2.45, 2.75) is 10.8 Å². The lowest BCUT2D eigenvalue weighted by atomic mass is 10.2. The predicted molar refractivity (Wildman–Crippen MR) is 114 cm³/mol. The second-order valence-electron chi connectivity index (χ2n) is 6.48. The lowest BCUT2D eigenvalue weighted by Crippen LogP contribution is -2.22. The summed E-state index contributed by atoms with van der Waals surface area (Å²) in [5.74, 6) is 1.13. The number of H-pyrrole nitrogens is 1. The monoisotopic (exact) mass is 453 g/mol. The minimum absolute atomic E-state index is 0.194. The van der Waals surface area contributed by atoms with Crippen LogP contribution >= 0.6 is 11.3 Å². The van der Waals surface area contributed by atoms with E-state index in [0.717, 1.165) is 20.5 Å². The molecule has 0 aliphatic carbocycles. The van der Waals surface area contributed by atoms with E-state index in [1.165, 1.54) is 41.5 Å². The number of thiophene rings is 1. The van der Waals surface area contributed by atoms with Crippen molar-refractivity contribution in [1.29, 1.82) is 0 Å². The van der Waals surface area contributed by atoms with Crippen LogP contribution in [-0.4, -0.2) is 59.0 Å². The Hall–Kier alpha value is -2.76. The maximum Gasteiger partial charge on any atom is 0.268 e. The molecule has 0 spiro atoms. The van der Waals surface area contributed by atoms with Gasteiger partial charge in [0, 0.05) is 30.4 Å². The quantitative estimate of drug-likeness (QED) is 0.542. The number of fused-ring (bicyclic) bond motifs is 1. The number of amides is 1. The average molecular weight is 454 g/mol. The van der Waals surface area contributed by atoms with Gasteiger partial charge in [-0.15, -0.1) is 11.3 Å². The van der Waals surface area contributed by atoms with E-state index in [4.69, 9.17) is 14.2 Å². The molecule has 0 fully saturated rings. The highest BCUT2D eigenvalue weighted by atomic mass is 32.2. The minimum Gasteiger partial charge on any atom is -0.496 e. The second kappa shape index (κ2) is 8.54. The van der Waals surface area contributed by atoms with Crippen LogP contribution in [0, 0.1) is 0 Å². The molecule has 162 valence electrons. The molecule has 0 saturated carbocycles. The third-order valence-electron chi connectivity index (χ3n) is 4.48. The van der Waals surface area contributed by atoms with Crippen molar-refractivity contribution in [3.63, 3.8) is 0 Å². The van der Waals surface area contributed by atoms with Crippen molar-refractivity contribution in [3.8, 4) is 17.2 Å². The molecule has 9 nitrogen and oxygen atoms in total. The first-order valence-electron chi connectivity index (χ1n) is 8.84. The normalized spacial score (nSPS) is 11.7. The summed E-state index contributed by atoms with van der Waals surface area (Å²) in [6, 6.07) is 6.58. The van der Waals surface area contributed by atoms with E-state index in [1.807, 2.05) is 0 Å². The fourth-order valence-corrected chi connectivity index (χ4v) is 5.36. The smallest absolute Gasteiger partial charge is 0.268 e. The molecule has 11 heteroatoms. The Bertz CT molecular complexity index is 1180. The summed E-state index contributed by atoms with van der Waals surface area (Å²) < 4.78 is 41.9. The third-order valence-corrected chi connectivity index (χ3v) is 7.85. The number of nitrogens with one attached hydrogen (secondary N) is 2. The van der Waals surface area contributed by atoms with Crippen LogP contribution in [0.5, 0.6) is 17.2 Å². The number of carbonyl (C=O) groups is 1. The van der Waals surface area contributed by atoms with Crippen molar-refractivity contribution in [1.82, 2.24) is 14.6 Å². The predicted octanol–water partition coefficient (Wildman–Crippen LogP) is 2.44. The number of carbonyl (C=O) groups excluding carboxylic acids is 1. The minimum atomic E-state index is -3.49. The Morgan fingerprint density at radius 1 is 1.10 bits per heavy atom. The molecule has 1 amide bonds. The van der Waals surface area contributed by atoms with Crippen LogP contribution in [-0.2, 0) is 16.6 Å². The Morgan fingerprint density at radius 3 is 2.40 bits per heavy atom. The first-order valence-corrected chi connectivity index (χ1v) is 11.1. The molecular formula is C19H23N3O6S2. The highest BCUT2D eigenvalue weighted by molar-refractivity contribution is 7.91. The van der Waals surface area contributed by atoms with Crippen LogP contribution in [0.2, 0.25) is 0 Å². The topological polar surface area (TPSA) is 110 Å². The Balaban J connectivity index is 1.84. The molecule has 1 aromatic carbocycles. The second-order valence-corrected chi connectivity index (χ2v) is 10.0. The molecule has 2 N–H and O–H groups in total. The zero-order valence-electron chi connectivity index (χ0n) is 17.2. The summed E-state index contributed by atoms with van der Waals surface area (Å²) in [6.45, 7) is 0.194. The van der Waals surface area contributed by atoms with Gasteiger partial charge in [-0.3, -0.25) is 4.79 Å².